The standard InChI is InChI=1S/C21H18ClF2N5O2/c1-2-12-3-4-25-17(7-12)28-21(30)19-20(27-6-5-26-19)29-10-14(11-29)31-13-8-15(22)18(24)16(23)9-13/h3-9,14H,2,10-11H2,1H3,(H,25,28,30). The minimum absolute atomic E-state index is 0.132. The summed E-state index contributed by atoms with van der Waals surface area (Å²) in [6.07, 6.45) is 5.08. The Bertz CT molecular complexity index is 1100. The number of aryl methyl sites for hydroxylation is 1. The Balaban J connectivity index is 1.43. The second-order valence-corrected chi connectivity index (χ2v) is 7.34. The SMILES string of the molecule is CCc1ccnc(NC(=O)c2nccnc2N2CC(Oc3cc(F)c(F)c(Cl)c3)C2)c1. The van der Waals surface area contributed by atoms with Crippen molar-refractivity contribution in [3.8, 4) is 5.75 Å². The summed E-state index contributed by atoms with van der Waals surface area (Å²) in [5.41, 5.74) is 1.20. The molecule has 0 spiro atoms. The summed E-state index contributed by atoms with van der Waals surface area (Å²) in [6.45, 7) is 2.79. The highest BCUT2D eigenvalue weighted by Gasteiger charge is 2.33. The monoisotopic (exact) mass is 445 g/mol. The Morgan fingerprint density at radius 3 is 2.71 bits per heavy atom. The summed E-state index contributed by atoms with van der Waals surface area (Å²) >= 11 is 5.66. The van der Waals surface area contributed by atoms with E-state index in [9.17, 15) is 13.6 Å². The highest BCUT2D eigenvalue weighted by atomic mass is 35.5. The minimum Gasteiger partial charge on any atom is -0.487 e. The second kappa shape index (κ2) is 8.81. The lowest BCUT2D eigenvalue weighted by molar-refractivity contribution is 0.102. The van der Waals surface area contributed by atoms with Gasteiger partial charge in [-0.1, -0.05) is 18.5 Å². The van der Waals surface area contributed by atoms with Crippen LogP contribution >= 0.6 is 11.6 Å². The maximum Gasteiger partial charge on any atom is 0.279 e. The van der Waals surface area contributed by atoms with Crippen LogP contribution < -0.4 is 15.0 Å². The molecule has 0 saturated carbocycles. The maximum absolute atomic E-state index is 13.5. The van der Waals surface area contributed by atoms with Gasteiger partial charge in [0.15, 0.2) is 23.1 Å². The molecule has 0 atom stereocenters. The number of pyridine rings is 1. The van der Waals surface area contributed by atoms with E-state index in [1.165, 1.54) is 18.5 Å². The predicted octanol–water partition coefficient (Wildman–Crippen LogP) is 3.89. The Kier molecular flexibility index (Phi) is 5.94. The fourth-order valence-corrected chi connectivity index (χ4v) is 3.34. The predicted molar refractivity (Wildman–Crippen MR) is 112 cm³/mol. The third-order valence-electron chi connectivity index (χ3n) is 4.78. The van der Waals surface area contributed by atoms with Crippen molar-refractivity contribution in [3.63, 3.8) is 0 Å². The van der Waals surface area contributed by atoms with Crippen molar-refractivity contribution in [2.75, 3.05) is 23.3 Å². The molecule has 0 bridgehead atoms. The lowest BCUT2D eigenvalue weighted by Crippen LogP contribution is -2.54. The maximum atomic E-state index is 13.5. The molecule has 1 aliphatic rings. The minimum atomic E-state index is -1.11. The van der Waals surface area contributed by atoms with Crippen LogP contribution in [0.2, 0.25) is 5.02 Å². The zero-order chi connectivity index (χ0) is 22.0. The smallest absolute Gasteiger partial charge is 0.279 e. The Morgan fingerprint density at radius 2 is 1.97 bits per heavy atom. The van der Waals surface area contributed by atoms with E-state index >= 15 is 0 Å². The van der Waals surface area contributed by atoms with Crippen molar-refractivity contribution in [2.24, 2.45) is 0 Å². The van der Waals surface area contributed by atoms with Gasteiger partial charge in [-0.25, -0.2) is 23.7 Å². The van der Waals surface area contributed by atoms with Crippen molar-refractivity contribution >= 4 is 29.1 Å². The first-order valence-corrected chi connectivity index (χ1v) is 9.95. The highest BCUT2D eigenvalue weighted by Crippen LogP contribution is 2.28. The van der Waals surface area contributed by atoms with E-state index in [4.69, 9.17) is 16.3 Å². The summed E-state index contributed by atoms with van der Waals surface area (Å²) in [6, 6.07) is 5.85. The van der Waals surface area contributed by atoms with Gasteiger partial charge in [0.2, 0.25) is 0 Å². The second-order valence-electron chi connectivity index (χ2n) is 6.93. The topological polar surface area (TPSA) is 80.2 Å². The van der Waals surface area contributed by atoms with Crippen molar-refractivity contribution < 1.29 is 18.3 Å². The van der Waals surface area contributed by atoms with Crippen molar-refractivity contribution in [1.82, 2.24) is 15.0 Å². The number of ether oxygens (including phenoxy) is 1. The van der Waals surface area contributed by atoms with Crippen LogP contribution in [0.15, 0.2) is 42.9 Å². The van der Waals surface area contributed by atoms with Gasteiger partial charge in [-0.15, -0.1) is 0 Å². The van der Waals surface area contributed by atoms with Crippen molar-refractivity contribution in [3.05, 3.63) is 70.8 Å². The molecule has 2 aromatic heterocycles. The third kappa shape index (κ3) is 4.56. The van der Waals surface area contributed by atoms with Crippen molar-refractivity contribution in [2.45, 2.75) is 19.4 Å². The molecule has 1 aliphatic heterocycles. The molecule has 160 valence electrons. The van der Waals surface area contributed by atoms with Crippen LogP contribution in [0.1, 0.15) is 23.0 Å². The molecule has 0 aliphatic carbocycles. The number of nitrogens with zero attached hydrogens (tertiary/aromatic N) is 4. The lowest BCUT2D eigenvalue weighted by Gasteiger charge is -2.40. The molecule has 1 amide bonds. The number of aromatic nitrogens is 3. The Morgan fingerprint density at radius 1 is 1.19 bits per heavy atom. The molecule has 0 radical (unpaired) electrons. The van der Waals surface area contributed by atoms with E-state index in [1.54, 1.807) is 12.3 Å². The number of benzene rings is 1. The van der Waals surface area contributed by atoms with Crippen LogP contribution in [-0.4, -0.2) is 40.1 Å². The van der Waals surface area contributed by atoms with E-state index in [-0.39, 0.29) is 22.6 Å². The number of hydrogen-bond donors (Lipinski definition) is 1. The molecule has 10 heteroatoms. The molecule has 1 fully saturated rings. The summed E-state index contributed by atoms with van der Waals surface area (Å²) in [7, 11) is 0. The van der Waals surface area contributed by atoms with Crippen molar-refractivity contribution in [1.29, 1.82) is 0 Å². The van der Waals surface area contributed by atoms with Gasteiger partial charge in [0.05, 0.1) is 18.1 Å². The zero-order valence-corrected chi connectivity index (χ0v) is 17.2. The molecule has 3 aromatic rings. The van der Waals surface area contributed by atoms with Crippen LogP contribution in [0.5, 0.6) is 5.75 Å². The molecule has 31 heavy (non-hydrogen) atoms. The summed E-state index contributed by atoms with van der Waals surface area (Å²) in [4.78, 5) is 27.2. The molecular formula is C21H18ClF2N5O2. The fourth-order valence-electron chi connectivity index (χ4n) is 3.14. The summed E-state index contributed by atoms with van der Waals surface area (Å²) in [5.74, 6) is -1.66. The first-order chi connectivity index (χ1) is 14.9. The van der Waals surface area contributed by atoms with Gasteiger partial charge < -0.3 is 15.0 Å². The van der Waals surface area contributed by atoms with E-state index in [2.05, 4.69) is 20.3 Å². The van der Waals surface area contributed by atoms with E-state index in [1.807, 2.05) is 17.9 Å². The molecular weight excluding hydrogens is 428 g/mol. The molecule has 0 unspecified atom stereocenters. The lowest BCUT2D eigenvalue weighted by atomic mass is 10.1. The van der Waals surface area contributed by atoms with E-state index < -0.39 is 17.5 Å². The first kappa shape index (κ1) is 20.9. The number of hydrogen-bond acceptors (Lipinski definition) is 6. The zero-order valence-electron chi connectivity index (χ0n) is 16.5. The van der Waals surface area contributed by atoms with Gasteiger partial charge in [0, 0.05) is 30.7 Å². The normalized spacial score (nSPS) is 13.6. The average Bonchev–Trinajstić information content (AvgIpc) is 2.74. The Labute approximate surface area is 182 Å². The number of rotatable bonds is 6. The largest absolute Gasteiger partial charge is 0.487 e. The van der Waals surface area contributed by atoms with Gasteiger partial charge in [0.1, 0.15) is 17.7 Å². The fraction of sp³-hybridized carbons (Fsp3) is 0.238. The Hall–Kier alpha value is -3.33. The van der Waals surface area contributed by atoms with Crippen LogP contribution in [0, 0.1) is 11.6 Å². The van der Waals surface area contributed by atoms with Crippen LogP contribution in [0.25, 0.3) is 0 Å². The number of nitrogens with one attached hydrogen (secondary N) is 1. The van der Waals surface area contributed by atoms with Crippen LogP contribution in [-0.2, 0) is 6.42 Å². The highest BCUT2D eigenvalue weighted by molar-refractivity contribution is 6.30. The van der Waals surface area contributed by atoms with Crippen LogP contribution in [0.4, 0.5) is 20.4 Å². The van der Waals surface area contributed by atoms with E-state index in [0.29, 0.717) is 24.7 Å². The summed E-state index contributed by atoms with van der Waals surface area (Å²) < 4.78 is 32.5. The number of anilines is 2. The summed E-state index contributed by atoms with van der Waals surface area (Å²) in [5, 5.41) is 2.40. The molecule has 7 nitrogen and oxygen atoms in total. The molecule has 1 N–H and O–H groups in total. The van der Waals surface area contributed by atoms with Gasteiger partial charge in [-0.05, 0) is 24.1 Å². The molecule has 1 aromatic carbocycles. The molecule has 1 saturated heterocycles. The average molecular weight is 446 g/mol. The number of amides is 1. The van der Waals surface area contributed by atoms with Gasteiger partial charge >= 0.3 is 0 Å². The van der Waals surface area contributed by atoms with E-state index in [0.717, 1.165) is 18.1 Å². The van der Waals surface area contributed by atoms with Gasteiger partial charge in [-0.2, -0.15) is 0 Å². The number of halogens is 3. The van der Waals surface area contributed by atoms with Gasteiger partial charge in [0.25, 0.3) is 5.91 Å². The van der Waals surface area contributed by atoms with Gasteiger partial charge in [-0.3, -0.25) is 4.79 Å². The molecule has 4 rings (SSSR count). The first-order valence-electron chi connectivity index (χ1n) is 9.58. The number of carbonyl (C=O) groups excluding carboxylic acids is 1. The third-order valence-corrected chi connectivity index (χ3v) is 5.05. The quantitative estimate of drug-likeness (QED) is 0.580. The molecule has 3 heterocycles. The number of carbonyl (C=O) groups is 1. The van der Waals surface area contributed by atoms with Crippen LogP contribution in [0.3, 0.4) is 0 Å².